The maximum absolute atomic E-state index is 12.4. The predicted octanol–water partition coefficient (Wildman–Crippen LogP) is 2.07. The molecule has 0 aromatic heterocycles. The zero-order chi connectivity index (χ0) is 18.6. The molecular formula is C14H17N3O7. The third kappa shape index (κ3) is 4.48. The molecule has 24 heavy (non-hydrogen) atoms. The van der Waals surface area contributed by atoms with E-state index in [0.29, 0.717) is 0 Å². The largest absolute Gasteiger partial charge is 0.480 e. The number of rotatable bonds is 7. The number of likely N-dealkylation sites (N-methyl/N-ethyl adjacent to an activating group) is 1. The molecule has 0 aliphatic heterocycles. The molecule has 0 radical (unpaired) electrons. The lowest BCUT2D eigenvalue weighted by atomic mass is 10.0. The smallest absolute Gasteiger partial charge is 0.326 e. The van der Waals surface area contributed by atoms with Crippen molar-refractivity contribution in [3.63, 3.8) is 0 Å². The van der Waals surface area contributed by atoms with E-state index in [1.54, 1.807) is 13.8 Å². The number of nitro groups is 2. The summed E-state index contributed by atoms with van der Waals surface area (Å²) in [5.74, 6) is -2.07. The summed E-state index contributed by atoms with van der Waals surface area (Å²) in [6, 6.07) is 1.37. The first-order chi connectivity index (χ1) is 11.0. The van der Waals surface area contributed by atoms with Gasteiger partial charge in [0, 0.05) is 19.2 Å². The number of hydrogen-bond acceptors (Lipinski definition) is 6. The molecule has 0 bridgehead atoms. The molecule has 1 aromatic rings. The summed E-state index contributed by atoms with van der Waals surface area (Å²) in [6.07, 6.45) is 0.175. The molecule has 10 heteroatoms. The standard InChI is InChI=1S/C14H17N3O7/c1-8(2)4-12(14(19)20)15(3)13(18)9-5-10(16(21)22)7-11(6-9)17(23)24/h5-8,12H,4H2,1-3H3,(H,19,20)/t12-/m1/s1. The van der Waals surface area contributed by atoms with Crippen LogP contribution in [0.15, 0.2) is 18.2 Å². The van der Waals surface area contributed by atoms with Crippen molar-refractivity contribution in [2.75, 3.05) is 7.05 Å². The van der Waals surface area contributed by atoms with Crippen LogP contribution in [0.1, 0.15) is 30.6 Å². The number of carbonyl (C=O) groups is 2. The topological polar surface area (TPSA) is 144 Å². The first-order valence-electron chi connectivity index (χ1n) is 6.98. The number of benzene rings is 1. The number of carboxylic acids is 1. The number of carboxylic acid groups (broad SMARTS) is 1. The van der Waals surface area contributed by atoms with Crippen LogP contribution in [0.5, 0.6) is 0 Å². The lowest BCUT2D eigenvalue weighted by Gasteiger charge is -2.26. The summed E-state index contributed by atoms with van der Waals surface area (Å²) in [6.45, 7) is 3.57. The molecule has 0 heterocycles. The zero-order valence-corrected chi connectivity index (χ0v) is 13.3. The lowest BCUT2D eigenvalue weighted by Crippen LogP contribution is -2.43. The number of nitro benzene ring substituents is 2. The van der Waals surface area contributed by atoms with E-state index in [4.69, 9.17) is 0 Å². The van der Waals surface area contributed by atoms with Crippen molar-refractivity contribution in [2.24, 2.45) is 5.92 Å². The lowest BCUT2D eigenvalue weighted by molar-refractivity contribution is -0.394. The van der Waals surface area contributed by atoms with Crippen molar-refractivity contribution in [3.05, 3.63) is 44.0 Å². The molecule has 1 rings (SSSR count). The van der Waals surface area contributed by atoms with Gasteiger partial charge >= 0.3 is 5.97 Å². The van der Waals surface area contributed by atoms with Gasteiger partial charge in [-0.2, -0.15) is 0 Å². The number of hydrogen-bond donors (Lipinski definition) is 1. The summed E-state index contributed by atoms with van der Waals surface area (Å²) < 4.78 is 0. The molecule has 0 saturated carbocycles. The molecule has 1 atom stereocenters. The van der Waals surface area contributed by atoms with Crippen LogP contribution in [0, 0.1) is 26.1 Å². The van der Waals surface area contributed by atoms with E-state index >= 15 is 0 Å². The average Bonchev–Trinajstić information content (AvgIpc) is 2.50. The second-order valence-corrected chi connectivity index (χ2v) is 5.65. The molecule has 0 aliphatic rings. The van der Waals surface area contributed by atoms with Crippen LogP contribution in [0.3, 0.4) is 0 Å². The van der Waals surface area contributed by atoms with Crippen LogP contribution in [-0.2, 0) is 4.79 Å². The maximum atomic E-state index is 12.4. The Balaban J connectivity index is 3.27. The minimum atomic E-state index is -1.22. The van der Waals surface area contributed by atoms with Crippen molar-refractivity contribution in [2.45, 2.75) is 26.3 Å². The van der Waals surface area contributed by atoms with Crippen molar-refractivity contribution in [1.82, 2.24) is 4.90 Å². The highest BCUT2D eigenvalue weighted by molar-refractivity contribution is 5.97. The van der Waals surface area contributed by atoms with Gasteiger partial charge in [-0.05, 0) is 12.3 Å². The van der Waals surface area contributed by atoms with Crippen LogP contribution < -0.4 is 0 Å². The molecule has 0 fully saturated rings. The SMILES string of the molecule is CC(C)C[C@H](C(=O)O)N(C)C(=O)c1cc([N+](=O)[O-])cc([N+](=O)[O-])c1. The molecule has 1 amide bonds. The first kappa shape index (κ1) is 19.0. The molecule has 1 N–H and O–H groups in total. The molecule has 0 saturated heterocycles. The van der Waals surface area contributed by atoms with Crippen molar-refractivity contribution < 1.29 is 24.5 Å². The first-order valence-corrected chi connectivity index (χ1v) is 6.98. The van der Waals surface area contributed by atoms with E-state index in [1.165, 1.54) is 7.05 Å². The Labute approximate surface area is 137 Å². The highest BCUT2D eigenvalue weighted by atomic mass is 16.6. The Bertz CT molecular complexity index is 655. The Morgan fingerprint density at radius 2 is 1.58 bits per heavy atom. The van der Waals surface area contributed by atoms with Gasteiger partial charge in [-0.15, -0.1) is 0 Å². The fourth-order valence-electron chi connectivity index (χ4n) is 2.15. The quantitative estimate of drug-likeness (QED) is 0.591. The fourth-order valence-corrected chi connectivity index (χ4v) is 2.15. The zero-order valence-electron chi connectivity index (χ0n) is 13.3. The van der Waals surface area contributed by atoms with Gasteiger partial charge in [-0.1, -0.05) is 13.8 Å². The number of aliphatic carboxylic acids is 1. The average molecular weight is 339 g/mol. The van der Waals surface area contributed by atoms with Crippen LogP contribution >= 0.6 is 0 Å². The van der Waals surface area contributed by atoms with Crippen molar-refractivity contribution >= 4 is 23.3 Å². The summed E-state index contributed by atoms with van der Waals surface area (Å²) in [5.41, 5.74) is -1.54. The minimum absolute atomic E-state index is 0.0132. The number of carbonyl (C=O) groups excluding carboxylic acids is 1. The molecule has 0 unspecified atom stereocenters. The van der Waals surface area contributed by atoms with E-state index in [9.17, 15) is 34.9 Å². The van der Waals surface area contributed by atoms with E-state index in [2.05, 4.69) is 0 Å². The molecule has 130 valence electrons. The molecule has 1 aromatic carbocycles. The molecular weight excluding hydrogens is 322 g/mol. The van der Waals surface area contributed by atoms with Crippen molar-refractivity contribution in [3.8, 4) is 0 Å². The fraction of sp³-hybridized carbons (Fsp3) is 0.429. The summed E-state index contributed by atoms with van der Waals surface area (Å²) in [4.78, 5) is 44.7. The van der Waals surface area contributed by atoms with Crippen LogP contribution in [0.2, 0.25) is 0 Å². The number of non-ortho nitro benzene ring substituents is 2. The molecule has 0 spiro atoms. The van der Waals surface area contributed by atoms with Crippen LogP contribution in [0.25, 0.3) is 0 Å². The van der Waals surface area contributed by atoms with Gasteiger partial charge in [-0.25, -0.2) is 4.79 Å². The molecule has 0 aliphatic carbocycles. The third-order valence-electron chi connectivity index (χ3n) is 3.34. The Morgan fingerprint density at radius 1 is 1.12 bits per heavy atom. The predicted molar refractivity (Wildman–Crippen MR) is 82.7 cm³/mol. The van der Waals surface area contributed by atoms with Crippen LogP contribution in [-0.4, -0.2) is 44.8 Å². The van der Waals surface area contributed by atoms with Crippen molar-refractivity contribution in [1.29, 1.82) is 0 Å². The van der Waals surface area contributed by atoms with E-state index in [1.807, 2.05) is 0 Å². The highest BCUT2D eigenvalue weighted by Gasteiger charge is 2.30. The van der Waals surface area contributed by atoms with E-state index in [0.717, 1.165) is 23.1 Å². The Hall–Kier alpha value is -3.04. The van der Waals surface area contributed by atoms with E-state index in [-0.39, 0.29) is 17.9 Å². The molecule has 10 nitrogen and oxygen atoms in total. The van der Waals surface area contributed by atoms with Crippen LogP contribution in [0.4, 0.5) is 11.4 Å². The van der Waals surface area contributed by atoms with Gasteiger partial charge < -0.3 is 10.0 Å². The maximum Gasteiger partial charge on any atom is 0.326 e. The summed E-state index contributed by atoms with van der Waals surface area (Å²) >= 11 is 0. The highest BCUT2D eigenvalue weighted by Crippen LogP contribution is 2.24. The minimum Gasteiger partial charge on any atom is -0.480 e. The monoisotopic (exact) mass is 339 g/mol. The third-order valence-corrected chi connectivity index (χ3v) is 3.34. The second kappa shape index (κ2) is 7.49. The van der Waals surface area contributed by atoms with Gasteiger partial charge in [0.25, 0.3) is 17.3 Å². The van der Waals surface area contributed by atoms with Gasteiger partial charge in [0.15, 0.2) is 0 Å². The Kier molecular flexibility index (Phi) is 5.93. The summed E-state index contributed by atoms with van der Waals surface area (Å²) in [5, 5.41) is 31.0. The number of amides is 1. The van der Waals surface area contributed by atoms with Gasteiger partial charge in [0.2, 0.25) is 0 Å². The second-order valence-electron chi connectivity index (χ2n) is 5.65. The van der Waals surface area contributed by atoms with Gasteiger partial charge in [0.05, 0.1) is 21.5 Å². The van der Waals surface area contributed by atoms with Gasteiger partial charge in [-0.3, -0.25) is 25.0 Å². The summed E-state index contributed by atoms with van der Waals surface area (Å²) in [7, 11) is 1.24. The van der Waals surface area contributed by atoms with Gasteiger partial charge in [0.1, 0.15) is 6.04 Å². The Morgan fingerprint density at radius 3 is 1.92 bits per heavy atom. The van der Waals surface area contributed by atoms with E-state index < -0.39 is 39.1 Å². The normalized spacial score (nSPS) is 11.8. The number of nitrogens with zero attached hydrogens (tertiary/aromatic N) is 3.